The van der Waals surface area contributed by atoms with E-state index < -0.39 is 6.10 Å². The minimum atomic E-state index is -0.419. The molecule has 1 aromatic carbocycles. The maximum atomic E-state index is 13.3. The van der Waals surface area contributed by atoms with Crippen molar-refractivity contribution in [3.05, 3.63) is 24.3 Å². The lowest BCUT2D eigenvalue weighted by atomic mass is 9.86. The Labute approximate surface area is 156 Å². The molecule has 0 unspecified atom stereocenters. The molecule has 0 bridgehead atoms. The Bertz CT molecular complexity index is 659. The highest BCUT2D eigenvalue weighted by Crippen LogP contribution is 2.33. The Balaban J connectivity index is 1.52. The van der Waals surface area contributed by atoms with Gasteiger partial charge in [0, 0.05) is 32.2 Å². The first-order valence-corrected chi connectivity index (χ1v) is 9.77. The summed E-state index contributed by atoms with van der Waals surface area (Å²) in [7, 11) is 4.26. The van der Waals surface area contributed by atoms with Gasteiger partial charge in [0.15, 0.2) is 6.10 Å². The molecule has 26 heavy (non-hydrogen) atoms. The van der Waals surface area contributed by atoms with Crippen molar-refractivity contribution in [1.82, 2.24) is 15.1 Å². The van der Waals surface area contributed by atoms with Crippen LogP contribution in [0.2, 0.25) is 0 Å². The third-order valence-corrected chi connectivity index (χ3v) is 6.32. The smallest absolute Gasteiger partial charge is 0.265 e. The molecule has 1 atom stereocenters. The van der Waals surface area contributed by atoms with Crippen LogP contribution in [0.5, 0.6) is 5.75 Å². The predicted octanol–water partition coefficient (Wildman–Crippen LogP) is 1.17. The van der Waals surface area contributed by atoms with Crippen molar-refractivity contribution in [3.63, 3.8) is 0 Å². The van der Waals surface area contributed by atoms with Gasteiger partial charge in [-0.05, 0) is 51.5 Å². The SMILES string of the molecule is CN1C[C@@H](C(=O)N2CCCN(C)C3(CCNCC3)C2)Oc2ccccc21. The van der Waals surface area contributed by atoms with Crippen LogP contribution < -0.4 is 15.0 Å². The largest absolute Gasteiger partial charge is 0.477 e. The first-order chi connectivity index (χ1) is 12.6. The van der Waals surface area contributed by atoms with Crippen molar-refractivity contribution in [2.75, 3.05) is 58.3 Å². The number of rotatable bonds is 1. The minimum Gasteiger partial charge on any atom is -0.477 e. The molecule has 4 rings (SSSR count). The van der Waals surface area contributed by atoms with Crippen molar-refractivity contribution in [2.24, 2.45) is 0 Å². The molecule has 1 aromatic rings. The molecule has 0 aliphatic carbocycles. The van der Waals surface area contributed by atoms with Crippen molar-refractivity contribution >= 4 is 11.6 Å². The molecule has 0 saturated carbocycles. The zero-order chi connectivity index (χ0) is 18.1. The molecule has 6 heteroatoms. The van der Waals surface area contributed by atoms with Crippen LogP contribution in [0, 0.1) is 0 Å². The Morgan fingerprint density at radius 3 is 2.77 bits per heavy atom. The summed E-state index contributed by atoms with van der Waals surface area (Å²) in [5.74, 6) is 0.947. The van der Waals surface area contributed by atoms with Gasteiger partial charge in [0.05, 0.1) is 12.2 Å². The van der Waals surface area contributed by atoms with E-state index in [2.05, 4.69) is 27.1 Å². The molecular weight excluding hydrogens is 328 g/mol. The van der Waals surface area contributed by atoms with Gasteiger partial charge in [-0.25, -0.2) is 0 Å². The van der Waals surface area contributed by atoms with Gasteiger partial charge in [0.1, 0.15) is 5.75 Å². The van der Waals surface area contributed by atoms with Gasteiger partial charge in [0.25, 0.3) is 5.91 Å². The third kappa shape index (κ3) is 3.16. The molecule has 3 aliphatic heterocycles. The van der Waals surface area contributed by atoms with Crippen LogP contribution in [0.1, 0.15) is 19.3 Å². The zero-order valence-corrected chi connectivity index (χ0v) is 15.9. The molecule has 2 saturated heterocycles. The number of ether oxygens (including phenoxy) is 1. The van der Waals surface area contributed by atoms with E-state index in [9.17, 15) is 4.79 Å². The van der Waals surface area contributed by atoms with Crippen LogP contribution in [-0.2, 0) is 4.79 Å². The van der Waals surface area contributed by atoms with E-state index in [0.717, 1.165) is 63.4 Å². The lowest BCUT2D eigenvalue weighted by Crippen LogP contribution is -2.59. The van der Waals surface area contributed by atoms with E-state index in [0.29, 0.717) is 6.54 Å². The average Bonchev–Trinajstić information content (AvgIpc) is 2.81. The van der Waals surface area contributed by atoms with E-state index in [1.54, 1.807) is 0 Å². The van der Waals surface area contributed by atoms with Gasteiger partial charge >= 0.3 is 0 Å². The number of piperidine rings is 1. The first kappa shape index (κ1) is 17.6. The minimum absolute atomic E-state index is 0.107. The summed E-state index contributed by atoms with van der Waals surface area (Å²) in [6, 6.07) is 7.97. The highest BCUT2D eigenvalue weighted by atomic mass is 16.5. The molecule has 1 N–H and O–H groups in total. The Hall–Kier alpha value is -1.79. The summed E-state index contributed by atoms with van der Waals surface area (Å²) in [6.45, 7) is 5.36. The summed E-state index contributed by atoms with van der Waals surface area (Å²) in [5, 5.41) is 3.46. The number of hydrogen-bond donors (Lipinski definition) is 1. The van der Waals surface area contributed by atoms with Gasteiger partial charge in [-0.2, -0.15) is 0 Å². The summed E-state index contributed by atoms with van der Waals surface area (Å²) in [4.78, 5) is 20.0. The van der Waals surface area contributed by atoms with Crippen LogP contribution in [0.15, 0.2) is 24.3 Å². The van der Waals surface area contributed by atoms with Crippen LogP contribution in [0.25, 0.3) is 0 Å². The van der Waals surface area contributed by atoms with Crippen molar-refractivity contribution < 1.29 is 9.53 Å². The van der Waals surface area contributed by atoms with Crippen LogP contribution in [0.3, 0.4) is 0 Å². The predicted molar refractivity (Wildman–Crippen MR) is 103 cm³/mol. The second kappa shape index (κ2) is 7.08. The van der Waals surface area contributed by atoms with Crippen molar-refractivity contribution in [2.45, 2.75) is 30.9 Å². The number of hydrogen-bond acceptors (Lipinski definition) is 5. The summed E-state index contributed by atoms with van der Waals surface area (Å²) >= 11 is 0. The fourth-order valence-electron chi connectivity index (χ4n) is 4.65. The molecular formula is C20H30N4O2. The van der Waals surface area contributed by atoms with Gasteiger partial charge < -0.3 is 19.9 Å². The number of nitrogens with one attached hydrogen (secondary N) is 1. The topological polar surface area (TPSA) is 48.1 Å². The van der Waals surface area contributed by atoms with Crippen molar-refractivity contribution in [3.8, 4) is 5.75 Å². The Morgan fingerprint density at radius 2 is 1.96 bits per heavy atom. The molecule has 0 aromatic heterocycles. The molecule has 2 fully saturated rings. The van der Waals surface area contributed by atoms with E-state index in [1.807, 2.05) is 31.3 Å². The third-order valence-electron chi connectivity index (χ3n) is 6.32. The second-order valence-corrected chi connectivity index (χ2v) is 7.96. The summed E-state index contributed by atoms with van der Waals surface area (Å²) < 4.78 is 6.10. The zero-order valence-electron chi connectivity index (χ0n) is 15.9. The fraction of sp³-hybridized carbons (Fsp3) is 0.650. The van der Waals surface area contributed by atoms with Gasteiger partial charge in [-0.1, -0.05) is 12.1 Å². The van der Waals surface area contributed by atoms with Gasteiger partial charge in [-0.15, -0.1) is 0 Å². The molecule has 3 aliphatic rings. The Kier molecular flexibility index (Phi) is 4.80. The van der Waals surface area contributed by atoms with Crippen LogP contribution in [-0.4, -0.2) is 80.7 Å². The highest BCUT2D eigenvalue weighted by Gasteiger charge is 2.42. The summed E-state index contributed by atoms with van der Waals surface area (Å²) in [6.07, 6.45) is 2.80. The Morgan fingerprint density at radius 1 is 1.19 bits per heavy atom. The molecule has 1 amide bonds. The number of amides is 1. The second-order valence-electron chi connectivity index (χ2n) is 7.96. The van der Waals surface area contributed by atoms with E-state index in [1.165, 1.54) is 0 Å². The molecule has 0 radical (unpaired) electrons. The molecule has 3 heterocycles. The van der Waals surface area contributed by atoms with Crippen molar-refractivity contribution in [1.29, 1.82) is 0 Å². The number of carbonyl (C=O) groups is 1. The van der Waals surface area contributed by atoms with Gasteiger partial charge in [0.2, 0.25) is 0 Å². The fourth-order valence-corrected chi connectivity index (χ4v) is 4.65. The maximum absolute atomic E-state index is 13.3. The van der Waals surface area contributed by atoms with E-state index in [-0.39, 0.29) is 11.4 Å². The molecule has 1 spiro atoms. The molecule has 6 nitrogen and oxygen atoms in total. The quantitative estimate of drug-likeness (QED) is 0.817. The average molecular weight is 358 g/mol. The number of likely N-dealkylation sites (N-methyl/N-ethyl adjacent to an activating group) is 2. The lowest BCUT2D eigenvalue weighted by Gasteiger charge is -2.46. The lowest BCUT2D eigenvalue weighted by molar-refractivity contribution is -0.140. The number of carbonyl (C=O) groups excluding carboxylic acids is 1. The monoisotopic (exact) mass is 358 g/mol. The number of anilines is 1. The summed E-state index contributed by atoms with van der Waals surface area (Å²) in [5.41, 5.74) is 1.16. The van der Waals surface area contributed by atoms with Crippen LogP contribution in [0.4, 0.5) is 5.69 Å². The normalized spacial score (nSPS) is 26.2. The maximum Gasteiger partial charge on any atom is 0.265 e. The molecule has 142 valence electrons. The van der Waals surface area contributed by atoms with E-state index >= 15 is 0 Å². The highest BCUT2D eigenvalue weighted by molar-refractivity contribution is 5.83. The van der Waals surface area contributed by atoms with Gasteiger partial charge in [-0.3, -0.25) is 9.69 Å². The number of para-hydroxylation sites is 2. The number of benzene rings is 1. The van der Waals surface area contributed by atoms with Crippen LogP contribution >= 0.6 is 0 Å². The number of fused-ring (bicyclic) bond motifs is 1. The number of nitrogens with zero attached hydrogens (tertiary/aromatic N) is 3. The standard InChI is InChI=1S/C20H30N4O2/c1-22-14-18(26-17-7-4-3-6-16(17)22)19(25)24-13-5-12-23(2)20(15-24)8-10-21-11-9-20/h3-4,6-7,18,21H,5,8-15H2,1-2H3/t18-/m0/s1. The van der Waals surface area contributed by atoms with E-state index in [4.69, 9.17) is 4.74 Å². The first-order valence-electron chi connectivity index (χ1n) is 9.77.